The van der Waals surface area contributed by atoms with Crippen molar-refractivity contribution in [3.63, 3.8) is 0 Å². The van der Waals surface area contributed by atoms with Crippen LogP contribution in [0.3, 0.4) is 0 Å². The van der Waals surface area contributed by atoms with Gasteiger partial charge in [-0.05, 0) is 44.8 Å². The summed E-state index contributed by atoms with van der Waals surface area (Å²) in [7, 11) is 0. The molecule has 2 aliphatic rings. The lowest BCUT2D eigenvalue weighted by atomic mass is 9.93. The molecule has 2 rings (SSSR count). The molecular weight excluding hydrogens is 246 g/mol. The van der Waals surface area contributed by atoms with E-state index in [0.29, 0.717) is 12.1 Å². The molecule has 2 amide bonds. The van der Waals surface area contributed by atoms with Gasteiger partial charge in [-0.1, -0.05) is 0 Å². The van der Waals surface area contributed by atoms with Crippen LogP contribution in [0.1, 0.15) is 38.5 Å². The molecule has 1 saturated carbocycles. The second-order valence-corrected chi connectivity index (χ2v) is 6.61. The predicted octanol–water partition coefficient (Wildman–Crippen LogP) is 1.79. The van der Waals surface area contributed by atoms with Crippen molar-refractivity contribution in [2.24, 2.45) is 5.73 Å². The van der Waals surface area contributed by atoms with Crippen LogP contribution in [0, 0.1) is 0 Å². The summed E-state index contributed by atoms with van der Waals surface area (Å²) in [6.45, 7) is 1.63. The Balaban J connectivity index is 1.67. The average Bonchev–Trinajstić information content (AvgIpc) is 2.40. The van der Waals surface area contributed by atoms with Crippen LogP contribution in [0.5, 0.6) is 0 Å². The lowest BCUT2D eigenvalue weighted by molar-refractivity contribution is 0.179. The van der Waals surface area contributed by atoms with Crippen molar-refractivity contribution >= 4 is 17.8 Å². The number of amides is 2. The molecule has 2 fully saturated rings. The van der Waals surface area contributed by atoms with E-state index in [-0.39, 0.29) is 6.03 Å². The van der Waals surface area contributed by atoms with Gasteiger partial charge in [-0.2, -0.15) is 11.8 Å². The zero-order chi connectivity index (χ0) is 13.0. The van der Waals surface area contributed by atoms with Gasteiger partial charge in [-0.25, -0.2) is 4.79 Å². The molecule has 0 atom stereocenters. The Labute approximate surface area is 114 Å². The van der Waals surface area contributed by atoms with Crippen LogP contribution in [0.25, 0.3) is 0 Å². The molecule has 1 aliphatic heterocycles. The summed E-state index contributed by atoms with van der Waals surface area (Å²) in [5.74, 6) is 0. The highest BCUT2D eigenvalue weighted by Gasteiger charge is 2.25. The van der Waals surface area contributed by atoms with Gasteiger partial charge in [0.15, 0.2) is 0 Å². The molecule has 4 nitrogen and oxygen atoms in total. The Morgan fingerprint density at radius 2 is 1.67 bits per heavy atom. The number of hydrogen-bond acceptors (Lipinski definition) is 3. The van der Waals surface area contributed by atoms with Gasteiger partial charge in [-0.3, -0.25) is 0 Å². The number of likely N-dealkylation sites (tertiary alicyclic amines) is 1. The standard InChI is InChI=1S/C13H25N3OS/c1-18-12-4-2-10(3-5-12)15-11-6-8-16(9-7-11)13(14)17/h10-12,15H,2-9H2,1H3,(H2,14,17). The quantitative estimate of drug-likeness (QED) is 0.823. The third kappa shape index (κ3) is 3.79. The van der Waals surface area contributed by atoms with Gasteiger partial charge < -0.3 is 16.0 Å². The number of carbonyl (C=O) groups is 1. The van der Waals surface area contributed by atoms with Crippen LogP contribution in [0.15, 0.2) is 0 Å². The molecule has 3 N–H and O–H groups in total. The van der Waals surface area contributed by atoms with Gasteiger partial charge in [-0.15, -0.1) is 0 Å². The molecule has 0 spiro atoms. The lowest BCUT2D eigenvalue weighted by Crippen LogP contribution is -2.49. The number of piperidine rings is 1. The van der Waals surface area contributed by atoms with Crippen LogP contribution in [0.2, 0.25) is 0 Å². The second-order valence-electron chi connectivity index (χ2n) is 5.48. The zero-order valence-corrected chi connectivity index (χ0v) is 12.0. The van der Waals surface area contributed by atoms with Crippen molar-refractivity contribution in [1.82, 2.24) is 10.2 Å². The molecular formula is C13H25N3OS. The highest BCUT2D eigenvalue weighted by Crippen LogP contribution is 2.27. The maximum absolute atomic E-state index is 11.0. The van der Waals surface area contributed by atoms with Crippen molar-refractivity contribution in [3.8, 4) is 0 Å². The third-order valence-electron chi connectivity index (χ3n) is 4.29. The first kappa shape index (κ1) is 14.0. The molecule has 1 aliphatic carbocycles. The summed E-state index contributed by atoms with van der Waals surface area (Å²) in [6.07, 6.45) is 9.62. The number of carbonyl (C=O) groups excluding carboxylic acids is 1. The van der Waals surface area contributed by atoms with Crippen LogP contribution in [-0.4, -0.2) is 47.6 Å². The Bertz CT molecular complexity index is 271. The summed E-state index contributed by atoms with van der Waals surface area (Å²) in [6, 6.07) is 1.00. The number of nitrogens with two attached hydrogens (primary N) is 1. The van der Waals surface area contributed by atoms with E-state index in [9.17, 15) is 4.79 Å². The Morgan fingerprint density at radius 3 is 2.17 bits per heavy atom. The number of urea groups is 1. The van der Waals surface area contributed by atoms with Gasteiger partial charge in [0.1, 0.15) is 0 Å². The van der Waals surface area contributed by atoms with E-state index < -0.39 is 0 Å². The molecule has 5 heteroatoms. The summed E-state index contributed by atoms with van der Waals surface area (Å²) in [5.41, 5.74) is 5.29. The van der Waals surface area contributed by atoms with Crippen LogP contribution in [0.4, 0.5) is 4.79 Å². The van der Waals surface area contributed by atoms with Gasteiger partial charge in [0.25, 0.3) is 0 Å². The summed E-state index contributed by atoms with van der Waals surface area (Å²) in [4.78, 5) is 12.8. The minimum absolute atomic E-state index is 0.270. The number of primary amides is 1. The molecule has 1 saturated heterocycles. The molecule has 104 valence electrons. The molecule has 0 aromatic heterocycles. The zero-order valence-electron chi connectivity index (χ0n) is 11.2. The van der Waals surface area contributed by atoms with Gasteiger partial charge in [0.05, 0.1) is 0 Å². The van der Waals surface area contributed by atoms with Crippen LogP contribution < -0.4 is 11.1 Å². The Kier molecular flexibility index (Phi) is 5.18. The third-order valence-corrected chi connectivity index (χ3v) is 5.42. The summed E-state index contributed by atoms with van der Waals surface area (Å²) < 4.78 is 0. The fourth-order valence-electron chi connectivity index (χ4n) is 3.07. The Hall–Kier alpha value is -0.420. The molecule has 1 heterocycles. The van der Waals surface area contributed by atoms with Crippen molar-refractivity contribution in [2.45, 2.75) is 55.9 Å². The average molecular weight is 271 g/mol. The number of thioether (sulfide) groups is 1. The van der Waals surface area contributed by atoms with E-state index >= 15 is 0 Å². The predicted molar refractivity (Wildman–Crippen MR) is 76.9 cm³/mol. The first-order chi connectivity index (χ1) is 8.69. The number of nitrogens with zero attached hydrogens (tertiary/aromatic N) is 1. The summed E-state index contributed by atoms with van der Waals surface area (Å²) in [5, 5.41) is 4.65. The molecule has 0 aromatic carbocycles. The number of hydrogen-bond donors (Lipinski definition) is 2. The highest BCUT2D eigenvalue weighted by atomic mass is 32.2. The largest absolute Gasteiger partial charge is 0.351 e. The van der Waals surface area contributed by atoms with E-state index in [0.717, 1.165) is 31.2 Å². The first-order valence-corrected chi connectivity index (χ1v) is 8.31. The number of nitrogens with one attached hydrogen (secondary N) is 1. The molecule has 0 radical (unpaired) electrons. The van der Waals surface area contributed by atoms with Gasteiger partial charge >= 0.3 is 6.03 Å². The van der Waals surface area contributed by atoms with Crippen molar-refractivity contribution in [2.75, 3.05) is 19.3 Å². The van der Waals surface area contributed by atoms with Gasteiger partial charge in [0, 0.05) is 30.4 Å². The molecule has 0 aromatic rings. The van der Waals surface area contributed by atoms with E-state index in [1.807, 2.05) is 11.8 Å². The molecule has 18 heavy (non-hydrogen) atoms. The smallest absolute Gasteiger partial charge is 0.314 e. The van der Waals surface area contributed by atoms with Crippen molar-refractivity contribution in [3.05, 3.63) is 0 Å². The summed E-state index contributed by atoms with van der Waals surface area (Å²) >= 11 is 2.01. The van der Waals surface area contributed by atoms with E-state index in [1.165, 1.54) is 25.7 Å². The fraction of sp³-hybridized carbons (Fsp3) is 0.923. The molecule has 0 bridgehead atoms. The minimum Gasteiger partial charge on any atom is -0.351 e. The van der Waals surface area contributed by atoms with Crippen molar-refractivity contribution < 1.29 is 4.79 Å². The van der Waals surface area contributed by atoms with E-state index in [1.54, 1.807) is 4.90 Å². The van der Waals surface area contributed by atoms with E-state index in [2.05, 4.69) is 11.6 Å². The SMILES string of the molecule is CSC1CCC(NC2CCN(C(N)=O)CC2)CC1. The maximum Gasteiger partial charge on any atom is 0.314 e. The number of rotatable bonds is 3. The van der Waals surface area contributed by atoms with Crippen LogP contribution >= 0.6 is 11.8 Å². The monoisotopic (exact) mass is 271 g/mol. The Morgan fingerprint density at radius 1 is 1.11 bits per heavy atom. The molecule has 0 unspecified atom stereocenters. The highest BCUT2D eigenvalue weighted by molar-refractivity contribution is 7.99. The minimum atomic E-state index is -0.270. The fourth-order valence-corrected chi connectivity index (χ4v) is 3.81. The topological polar surface area (TPSA) is 58.4 Å². The second kappa shape index (κ2) is 6.66. The van der Waals surface area contributed by atoms with E-state index in [4.69, 9.17) is 5.73 Å². The van der Waals surface area contributed by atoms with Gasteiger partial charge in [0.2, 0.25) is 0 Å². The maximum atomic E-state index is 11.0. The normalized spacial score (nSPS) is 30.4. The van der Waals surface area contributed by atoms with Crippen LogP contribution in [-0.2, 0) is 0 Å². The lowest BCUT2D eigenvalue weighted by Gasteiger charge is -2.36. The van der Waals surface area contributed by atoms with Crippen molar-refractivity contribution in [1.29, 1.82) is 0 Å². The first-order valence-electron chi connectivity index (χ1n) is 7.02.